The third kappa shape index (κ3) is 23.8. The molecule has 0 rings (SSSR count). The second kappa shape index (κ2) is 11.7. The molecule has 0 aromatic heterocycles. The molecular weight excluding hydrogens is 276 g/mol. The van der Waals surface area contributed by atoms with Crippen LogP contribution < -0.4 is 0 Å². The van der Waals surface area contributed by atoms with Crippen molar-refractivity contribution in [2.24, 2.45) is 0 Å². The fraction of sp³-hybridized carbons (Fsp3) is 0.111. The number of rotatable bonds is 2. The van der Waals surface area contributed by atoms with E-state index in [1.54, 1.807) is 0 Å². The van der Waals surface area contributed by atoms with E-state index in [1.165, 1.54) is 12.5 Å². The molecule has 9 heteroatoms. The van der Waals surface area contributed by atoms with Gasteiger partial charge < -0.3 is 4.74 Å². The van der Waals surface area contributed by atoms with E-state index in [0.717, 1.165) is 0 Å². The highest BCUT2D eigenvalue weighted by molar-refractivity contribution is 4.98. The molecule has 0 aliphatic carbocycles. The maximum absolute atomic E-state index is 11.0. The Balaban J connectivity index is -0.000000212. The van der Waals surface area contributed by atoms with Crippen molar-refractivity contribution >= 4 is 0 Å². The van der Waals surface area contributed by atoms with Crippen LogP contribution in [0.25, 0.3) is 0 Å². The van der Waals surface area contributed by atoms with Gasteiger partial charge in [0.05, 0.1) is 12.5 Å². The van der Waals surface area contributed by atoms with Crippen LogP contribution in [0.15, 0.2) is 50.2 Å². The monoisotopic (exact) mass is 284 g/mol. The molecule has 18 heavy (non-hydrogen) atoms. The first-order valence-corrected chi connectivity index (χ1v) is 3.65. The minimum atomic E-state index is -5.56. The molecular formula is C9H8F8O. The number of hydrogen-bond acceptors (Lipinski definition) is 1. The molecule has 0 aromatic carbocycles. The van der Waals surface area contributed by atoms with Gasteiger partial charge in [-0.25, -0.2) is 0 Å². The predicted molar refractivity (Wildman–Crippen MR) is 49.2 cm³/mol. The third-order valence-electron chi connectivity index (χ3n) is 0.607. The number of alkyl halides is 3. The van der Waals surface area contributed by atoms with Crippen LogP contribution in [0.3, 0.4) is 0 Å². The SMILES string of the molecule is C=C(F)F.C=COC=C.FC(F)=C(F)C(F)(F)F. The van der Waals surface area contributed by atoms with Crippen LogP contribution in [0.1, 0.15) is 0 Å². The molecule has 0 radical (unpaired) electrons. The van der Waals surface area contributed by atoms with Crippen molar-refractivity contribution in [1.29, 1.82) is 0 Å². The van der Waals surface area contributed by atoms with Gasteiger partial charge in [-0.3, -0.25) is 0 Å². The quantitative estimate of drug-likeness (QED) is 0.493. The number of ether oxygens (including phenoxy) is 1. The van der Waals surface area contributed by atoms with Crippen LogP contribution in [-0.2, 0) is 4.74 Å². The van der Waals surface area contributed by atoms with Crippen molar-refractivity contribution in [3.05, 3.63) is 50.2 Å². The van der Waals surface area contributed by atoms with E-state index in [2.05, 4.69) is 24.5 Å². The van der Waals surface area contributed by atoms with Gasteiger partial charge >= 0.3 is 12.3 Å². The Kier molecular flexibility index (Phi) is 13.9. The lowest BCUT2D eigenvalue weighted by atomic mass is 10.6. The summed E-state index contributed by atoms with van der Waals surface area (Å²) in [5.74, 6) is -3.33. The molecule has 0 atom stereocenters. The molecule has 0 aliphatic heterocycles. The Morgan fingerprint density at radius 1 is 0.889 bits per heavy atom. The molecule has 0 aromatic rings. The Morgan fingerprint density at radius 3 is 1.17 bits per heavy atom. The van der Waals surface area contributed by atoms with Gasteiger partial charge in [-0.2, -0.15) is 35.1 Å². The minimum Gasteiger partial charge on any atom is -0.474 e. The maximum atomic E-state index is 11.0. The fourth-order valence-corrected chi connectivity index (χ4v) is 0.175. The molecule has 0 saturated heterocycles. The average Bonchev–Trinajstić information content (AvgIpc) is 2.16. The summed E-state index contributed by atoms with van der Waals surface area (Å²) in [6.07, 6.45) is -8.11. The molecule has 0 aliphatic rings. The highest BCUT2D eigenvalue weighted by Gasteiger charge is 2.38. The summed E-state index contributed by atoms with van der Waals surface area (Å²) in [4.78, 5) is 0. The Labute approximate surface area is 97.3 Å². The highest BCUT2D eigenvalue weighted by Crippen LogP contribution is 2.29. The van der Waals surface area contributed by atoms with Gasteiger partial charge in [-0.05, 0) is 6.58 Å². The van der Waals surface area contributed by atoms with Gasteiger partial charge in [0.15, 0.2) is 0 Å². The minimum absolute atomic E-state index is 1.31. The Bertz CT molecular complexity index is 277. The van der Waals surface area contributed by atoms with E-state index >= 15 is 0 Å². The molecule has 0 saturated carbocycles. The van der Waals surface area contributed by atoms with Crippen molar-refractivity contribution in [3.63, 3.8) is 0 Å². The molecule has 0 unspecified atom stereocenters. The van der Waals surface area contributed by atoms with Crippen molar-refractivity contribution in [2.75, 3.05) is 0 Å². The topological polar surface area (TPSA) is 9.23 Å². The second-order valence-electron chi connectivity index (χ2n) is 1.88. The van der Waals surface area contributed by atoms with Crippen molar-refractivity contribution in [2.45, 2.75) is 6.18 Å². The van der Waals surface area contributed by atoms with Gasteiger partial charge in [-0.1, -0.05) is 13.2 Å². The van der Waals surface area contributed by atoms with Crippen LogP contribution in [-0.4, -0.2) is 6.18 Å². The third-order valence-corrected chi connectivity index (χ3v) is 0.607. The summed E-state index contributed by atoms with van der Waals surface area (Å²) in [7, 11) is 0. The Hall–Kier alpha value is -1.80. The standard InChI is InChI=1S/C4H6O.C3F6.C2H2F2/c1-3-5-4-2;4-1(2(5)6)3(7,8)9;1-2(3)4/h3-4H,1-2H2;;1H2. The van der Waals surface area contributed by atoms with Crippen LogP contribution >= 0.6 is 0 Å². The van der Waals surface area contributed by atoms with Crippen LogP contribution in [0.5, 0.6) is 0 Å². The average molecular weight is 284 g/mol. The molecule has 0 bridgehead atoms. The van der Waals surface area contributed by atoms with Crippen LogP contribution in [0.2, 0.25) is 0 Å². The summed E-state index contributed by atoms with van der Waals surface area (Å²) >= 11 is 0. The fourth-order valence-electron chi connectivity index (χ4n) is 0.175. The molecule has 0 amide bonds. The first kappa shape index (κ1) is 21.5. The first-order valence-electron chi connectivity index (χ1n) is 3.65. The zero-order valence-electron chi connectivity index (χ0n) is 8.71. The van der Waals surface area contributed by atoms with Gasteiger partial charge in [0.25, 0.3) is 11.9 Å². The van der Waals surface area contributed by atoms with E-state index in [9.17, 15) is 35.1 Å². The summed E-state index contributed by atoms with van der Waals surface area (Å²) in [6.45, 7) is 8.74. The number of allylic oxidation sites excluding steroid dienone is 1. The van der Waals surface area contributed by atoms with E-state index in [4.69, 9.17) is 0 Å². The van der Waals surface area contributed by atoms with Crippen LogP contribution in [0, 0.1) is 0 Å². The van der Waals surface area contributed by atoms with Crippen molar-refractivity contribution < 1.29 is 39.9 Å². The lowest BCUT2D eigenvalue weighted by Gasteiger charge is -1.98. The van der Waals surface area contributed by atoms with E-state index < -0.39 is 24.2 Å². The lowest BCUT2D eigenvalue weighted by Crippen LogP contribution is -2.08. The molecule has 0 heterocycles. The molecule has 0 N–H and O–H groups in total. The second-order valence-corrected chi connectivity index (χ2v) is 1.88. The van der Waals surface area contributed by atoms with Gasteiger partial charge in [0.1, 0.15) is 0 Å². The van der Waals surface area contributed by atoms with E-state index in [0.29, 0.717) is 0 Å². The van der Waals surface area contributed by atoms with E-state index in [1.807, 2.05) is 0 Å². The molecule has 0 spiro atoms. The maximum Gasteiger partial charge on any atom is 0.448 e. The zero-order valence-corrected chi connectivity index (χ0v) is 8.71. The number of hydrogen-bond donors (Lipinski definition) is 0. The highest BCUT2D eigenvalue weighted by atomic mass is 19.4. The summed E-state index contributed by atoms with van der Waals surface area (Å²) < 4.78 is 89.5. The first-order chi connectivity index (χ1) is 8.00. The van der Waals surface area contributed by atoms with Crippen molar-refractivity contribution in [1.82, 2.24) is 0 Å². The van der Waals surface area contributed by atoms with Gasteiger partial charge in [-0.15, -0.1) is 0 Å². The molecule has 1 nitrogen and oxygen atoms in total. The van der Waals surface area contributed by atoms with Gasteiger partial charge in [0.2, 0.25) is 0 Å². The van der Waals surface area contributed by atoms with E-state index in [-0.39, 0.29) is 0 Å². The predicted octanol–water partition coefficient (Wildman–Crippen LogP) is 5.31. The lowest BCUT2D eigenvalue weighted by molar-refractivity contribution is -0.113. The smallest absolute Gasteiger partial charge is 0.448 e. The van der Waals surface area contributed by atoms with Gasteiger partial charge in [0, 0.05) is 0 Å². The summed E-state index contributed by atoms with van der Waals surface area (Å²) in [5.41, 5.74) is 0. The molecule has 0 fully saturated rings. The largest absolute Gasteiger partial charge is 0.474 e. The Morgan fingerprint density at radius 2 is 1.17 bits per heavy atom. The van der Waals surface area contributed by atoms with Crippen molar-refractivity contribution in [3.8, 4) is 0 Å². The zero-order chi connectivity index (χ0) is 15.4. The van der Waals surface area contributed by atoms with Crippen LogP contribution in [0.4, 0.5) is 35.1 Å². The number of halogens is 8. The molecule has 106 valence electrons. The summed E-state index contributed by atoms with van der Waals surface area (Å²) in [6, 6.07) is 0. The summed E-state index contributed by atoms with van der Waals surface area (Å²) in [5, 5.41) is 0. The normalized spacial score (nSPS) is 8.67.